The molecule has 59 heavy (non-hydrogen) atoms. The third kappa shape index (κ3) is 4.44. The zero-order valence-corrected chi connectivity index (χ0v) is 32.1. The van der Waals surface area contributed by atoms with E-state index in [1.54, 1.807) is 0 Å². The van der Waals surface area contributed by atoms with Crippen LogP contribution in [-0.2, 0) is 0 Å². The van der Waals surface area contributed by atoms with Gasteiger partial charge in [0, 0.05) is 44.3 Å². The Morgan fingerprint density at radius 2 is 0.593 bits per heavy atom. The minimum absolute atomic E-state index is 0.0489. The van der Waals surface area contributed by atoms with E-state index in [1.807, 2.05) is 0 Å². The highest BCUT2D eigenvalue weighted by Gasteiger charge is 2.45. The summed E-state index contributed by atoms with van der Waals surface area (Å²) in [6.45, 7) is -0.0489. The molecule has 2 aliphatic rings. The first kappa shape index (κ1) is 32.3. The van der Waals surface area contributed by atoms with Gasteiger partial charge in [0.05, 0.1) is 44.8 Å². The predicted molar refractivity (Wildman–Crippen MR) is 249 cm³/mol. The Morgan fingerprint density at radius 3 is 0.983 bits per heavy atom. The molecule has 0 amide bonds. The molecular formula is C54H35BN4. The molecule has 0 spiro atoms. The van der Waals surface area contributed by atoms with Crippen molar-refractivity contribution in [3.05, 3.63) is 212 Å². The first-order valence-electron chi connectivity index (χ1n) is 20.4. The fourth-order valence-electron chi connectivity index (χ4n) is 10.4. The molecule has 0 aliphatic carbocycles. The number of nitrogens with zero attached hydrogens (tertiary/aromatic N) is 4. The van der Waals surface area contributed by atoms with E-state index >= 15 is 0 Å². The largest absolute Gasteiger partial charge is 0.309 e. The van der Waals surface area contributed by atoms with Gasteiger partial charge in [-0.1, -0.05) is 140 Å². The van der Waals surface area contributed by atoms with Gasteiger partial charge in [0.25, 0.3) is 6.71 Å². The van der Waals surface area contributed by atoms with Crippen molar-refractivity contribution in [2.45, 2.75) is 0 Å². The number of hydrogen-bond acceptors (Lipinski definition) is 2. The summed E-state index contributed by atoms with van der Waals surface area (Å²) in [6, 6.07) is 78.0. The van der Waals surface area contributed by atoms with Crippen LogP contribution in [0, 0.1) is 0 Å². The van der Waals surface area contributed by atoms with Crippen LogP contribution in [-0.4, -0.2) is 15.8 Å². The highest BCUT2D eigenvalue weighted by atomic mass is 15.2. The van der Waals surface area contributed by atoms with E-state index in [2.05, 4.69) is 231 Å². The lowest BCUT2D eigenvalue weighted by Crippen LogP contribution is -2.61. The third-order valence-electron chi connectivity index (χ3n) is 12.7. The van der Waals surface area contributed by atoms with Gasteiger partial charge in [-0.25, -0.2) is 0 Å². The topological polar surface area (TPSA) is 16.3 Å². The Labute approximate surface area is 342 Å². The second kappa shape index (κ2) is 12.4. The summed E-state index contributed by atoms with van der Waals surface area (Å²) in [6.07, 6.45) is 0. The van der Waals surface area contributed by atoms with Crippen LogP contribution in [0.1, 0.15) is 0 Å². The Morgan fingerprint density at radius 1 is 0.271 bits per heavy atom. The Balaban J connectivity index is 1.18. The van der Waals surface area contributed by atoms with Crippen LogP contribution in [0.25, 0.3) is 55.0 Å². The number of fused-ring (bicyclic) bond motifs is 10. The maximum absolute atomic E-state index is 2.52. The quantitative estimate of drug-likeness (QED) is 0.167. The second-order valence-electron chi connectivity index (χ2n) is 15.7. The van der Waals surface area contributed by atoms with E-state index in [9.17, 15) is 0 Å². The van der Waals surface area contributed by atoms with Crippen LogP contribution < -0.4 is 26.2 Å². The summed E-state index contributed by atoms with van der Waals surface area (Å²) >= 11 is 0. The van der Waals surface area contributed by atoms with E-state index in [4.69, 9.17) is 0 Å². The van der Waals surface area contributed by atoms with E-state index in [-0.39, 0.29) is 6.71 Å². The van der Waals surface area contributed by atoms with Crippen LogP contribution in [0.4, 0.5) is 34.1 Å². The Kier molecular flexibility index (Phi) is 6.78. The van der Waals surface area contributed by atoms with Gasteiger partial charge < -0.3 is 18.9 Å². The Bertz CT molecular complexity index is 3140. The first-order valence-corrected chi connectivity index (χ1v) is 20.4. The van der Waals surface area contributed by atoms with Gasteiger partial charge in [0.1, 0.15) is 0 Å². The normalized spacial score (nSPS) is 13.0. The van der Waals surface area contributed by atoms with Crippen molar-refractivity contribution >= 4 is 101 Å². The molecule has 0 fully saturated rings. The zero-order valence-electron chi connectivity index (χ0n) is 32.1. The van der Waals surface area contributed by atoms with Gasteiger partial charge in [-0.05, 0) is 89.2 Å². The molecule has 4 heterocycles. The highest BCUT2D eigenvalue weighted by Crippen LogP contribution is 2.48. The van der Waals surface area contributed by atoms with Gasteiger partial charge in [-0.2, -0.15) is 0 Å². The van der Waals surface area contributed by atoms with Crippen molar-refractivity contribution in [3.63, 3.8) is 0 Å². The fourth-order valence-corrected chi connectivity index (χ4v) is 10.4. The maximum atomic E-state index is 2.52. The van der Waals surface area contributed by atoms with Crippen molar-refractivity contribution < 1.29 is 0 Å². The molecule has 4 nitrogen and oxygen atoms in total. The second-order valence-corrected chi connectivity index (χ2v) is 15.7. The predicted octanol–water partition coefficient (Wildman–Crippen LogP) is 12.0. The molecule has 0 N–H and O–H groups in total. The van der Waals surface area contributed by atoms with Crippen molar-refractivity contribution in [1.82, 2.24) is 9.13 Å². The lowest BCUT2D eigenvalue weighted by Gasteiger charge is -2.45. The molecule has 0 unspecified atom stereocenters. The highest BCUT2D eigenvalue weighted by molar-refractivity contribution is 7.00. The number of rotatable bonds is 4. The van der Waals surface area contributed by atoms with Crippen LogP contribution in [0.5, 0.6) is 0 Å². The molecule has 13 rings (SSSR count). The van der Waals surface area contributed by atoms with E-state index in [0.29, 0.717) is 0 Å². The molecule has 2 aromatic heterocycles. The summed E-state index contributed by atoms with van der Waals surface area (Å²) in [7, 11) is 0. The van der Waals surface area contributed by atoms with Crippen molar-refractivity contribution in [1.29, 1.82) is 0 Å². The molecule has 0 radical (unpaired) electrons. The summed E-state index contributed by atoms with van der Waals surface area (Å²) in [4.78, 5) is 5.04. The molecule has 0 atom stereocenters. The van der Waals surface area contributed by atoms with Crippen molar-refractivity contribution in [2.75, 3.05) is 9.80 Å². The van der Waals surface area contributed by atoms with E-state index < -0.39 is 0 Å². The smallest absolute Gasteiger partial charge is 0.252 e. The lowest BCUT2D eigenvalue weighted by molar-refractivity contribution is 1.14. The average molecular weight is 751 g/mol. The summed E-state index contributed by atoms with van der Waals surface area (Å²) < 4.78 is 4.98. The number of para-hydroxylation sites is 8. The fraction of sp³-hybridized carbons (Fsp3) is 0. The van der Waals surface area contributed by atoms with E-state index in [0.717, 1.165) is 22.7 Å². The minimum Gasteiger partial charge on any atom is -0.309 e. The summed E-state index contributed by atoms with van der Waals surface area (Å²) in [5, 5.41) is 5.01. The van der Waals surface area contributed by atoms with Crippen LogP contribution >= 0.6 is 0 Å². The molecule has 9 aromatic carbocycles. The van der Waals surface area contributed by atoms with Crippen LogP contribution in [0.3, 0.4) is 0 Å². The van der Waals surface area contributed by atoms with Gasteiger partial charge in [-0.3, -0.25) is 0 Å². The van der Waals surface area contributed by atoms with Gasteiger partial charge >= 0.3 is 0 Å². The number of aromatic nitrogens is 2. The first-order chi connectivity index (χ1) is 29.3. The molecule has 0 bridgehead atoms. The van der Waals surface area contributed by atoms with Crippen LogP contribution in [0.15, 0.2) is 212 Å². The minimum atomic E-state index is -0.0489. The molecule has 2 aliphatic heterocycles. The van der Waals surface area contributed by atoms with Crippen molar-refractivity contribution in [2.24, 2.45) is 0 Å². The zero-order chi connectivity index (χ0) is 38.6. The molecule has 11 aromatic rings. The maximum Gasteiger partial charge on any atom is 0.252 e. The lowest BCUT2D eigenvalue weighted by atomic mass is 9.33. The summed E-state index contributed by atoms with van der Waals surface area (Å²) in [5.74, 6) is 0. The monoisotopic (exact) mass is 750 g/mol. The molecule has 274 valence electrons. The van der Waals surface area contributed by atoms with Crippen LogP contribution in [0.2, 0.25) is 0 Å². The number of benzene rings is 9. The third-order valence-corrected chi connectivity index (χ3v) is 12.7. The molecule has 5 heteroatoms. The van der Waals surface area contributed by atoms with Gasteiger partial charge in [-0.15, -0.1) is 0 Å². The van der Waals surface area contributed by atoms with Gasteiger partial charge in [0.2, 0.25) is 0 Å². The standard InChI is InChI=1S/C54H35BN4/c1-3-18-36(19-4-1)56-48-32-17-33-49-52(48)55(42-26-15-34-50(53(42)56)58-44-28-11-7-22-38(44)39-23-8-12-29-45(39)58)43-27-16-35-51(54(43)57(49)37-20-5-2-6-21-37)59-46-30-13-9-24-40(46)41-25-10-14-31-47(41)59/h1-35H. The SMILES string of the molecule is c1ccc(N2c3cccc4c3B(c3cccc(-n5c6ccccc6c6ccccc65)c32)c2cccc(-n3c5ccccc5c5ccccc53)c2N4c2ccccc2)cc1. The number of hydrogen-bond donors (Lipinski definition) is 0. The average Bonchev–Trinajstić information content (AvgIpc) is 3.82. The van der Waals surface area contributed by atoms with E-state index in [1.165, 1.54) is 82.7 Å². The van der Waals surface area contributed by atoms with Gasteiger partial charge in [0.15, 0.2) is 0 Å². The molecule has 0 saturated carbocycles. The number of anilines is 6. The molecule has 0 saturated heterocycles. The Hall–Kier alpha value is -7.76. The summed E-state index contributed by atoms with van der Waals surface area (Å²) in [5.41, 5.74) is 18.0. The molecular weight excluding hydrogens is 715 g/mol. The van der Waals surface area contributed by atoms with Crippen molar-refractivity contribution in [3.8, 4) is 11.4 Å².